The third kappa shape index (κ3) is 186. The van der Waals surface area contributed by atoms with Crippen molar-refractivity contribution in [1.29, 1.82) is 0 Å². The van der Waals surface area contributed by atoms with E-state index >= 15 is 0 Å². The summed E-state index contributed by atoms with van der Waals surface area (Å²) in [5.41, 5.74) is 26.0. The van der Waals surface area contributed by atoms with Gasteiger partial charge in [0.15, 0.2) is 48.3 Å². The minimum Gasteiger partial charge on any atom is -0.759 e. The fourth-order valence-corrected chi connectivity index (χ4v) is 3.37. The van der Waals surface area contributed by atoms with Gasteiger partial charge in [0.2, 0.25) is 0 Å². The van der Waals surface area contributed by atoms with E-state index < -0.39 is 185 Å². The molecular weight excluding hydrogens is 1520 g/mol. The summed E-state index contributed by atoms with van der Waals surface area (Å²) in [7, 11) is -20.7. The average Bonchev–Trinajstić information content (AvgIpc) is 1.23. The topological polar surface area (TPSA) is 1200 Å². The second-order valence-electron chi connectivity index (χ2n) is 17.4. The summed E-state index contributed by atoms with van der Waals surface area (Å²) < 4.78 is 136. The highest BCUT2D eigenvalue weighted by Gasteiger charge is 2.21. The molecule has 0 bridgehead atoms. The van der Waals surface area contributed by atoms with Crippen molar-refractivity contribution in [3.8, 4) is 0 Å². The van der Waals surface area contributed by atoms with Crippen molar-refractivity contribution in [3.63, 3.8) is 0 Å². The minimum atomic E-state index is -5.17. The van der Waals surface area contributed by atoms with Gasteiger partial charge in [-0.3, -0.25) is 72.0 Å². The van der Waals surface area contributed by atoms with E-state index in [1.807, 2.05) is 0 Å². The van der Waals surface area contributed by atoms with E-state index in [2.05, 4.69) is 45.9 Å². The van der Waals surface area contributed by atoms with Crippen molar-refractivity contribution in [1.82, 2.24) is 0 Å². The summed E-state index contributed by atoms with van der Waals surface area (Å²) in [5.74, 6) is -16.4. The molecule has 0 aromatic heterocycles. The normalized spacial score (nSPS) is 12.1. The van der Waals surface area contributed by atoms with E-state index in [4.69, 9.17) is 152 Å². The van der Waals surface area contributed by atoms with Crippen LogP contribution in [0.1, 0.15) is 103 Å². The fourth-order valence-electron chi connectivity index (χ4n) is 3.37. The summed E-state index contributed by atoms with van der Waals surface area (Å²) in [6, 6.07) is -6.47. The van der Waals surface area contributed by atoms with Gasteiger partial charge in [-0.05, 0) is 0 Å². The maximum absolute atomic E-state index is 10.1. The largest absolute Gasteiger partial charge is 0.759 e. The number of aliphatic carboxylic acids is 16. The van der Waals surface area contributed by atoms with Gasteiger partial charge in [-0.2, -0.15) is 0 Å². The first-order chi connectivity index (χ1) is 44.3. The molecule has 0 spiro atoms. The van der Waals surface area contributed by atoms with Gasteiger partial charge in [0.1, 0.15) is 0 Å². The van der Waals surface area contributed by atoms with Crippen molar-refractivity contribution in [2.45, 2.75) is 151 Å². The minimum absolute atomic E-state index is 0. The molecule has 0 radical (unpaired) electrons. The van der Waals surface area contributed by atoms with E-state index in [0.29, 0.717) is 0 Å². The SMILES string of the molecule is O.O.O=S(=O)([O-])[O-].O=S(=O)([O-])[O-].O=S(=O)([O-])[O-].O=S(=O)([O-])[O-].[NH3+][C@@H](CCC(=O)O)C(=O)O.[NH3+][C@@H](CCC(=O)O)C(=O)O.[NH3+][C@@H](CCC(=O)O)C(=O)O.[NH3+][C@@H](CCC(=O)O)C(=O)O.[NH3+][C@@H](CCC(=O)O)C(=O)O.[NH3+][C@@H](CCC(=O)O)C(=O)O.[NH3+][C@@H](CCC(=O)O)C(=O)O.[NH3+][C@@H](CCC(=O)O)C(=O)O. The molecule has 44 N–H and O–H groups in total. The molecule has 0 amide bonds. The summed E-state index contributed by atoms with van der Waals surface area (Å²) in [6.45, 7) is 0. The molecule has 0 fully saturated rings. The van der Waals surface area contributed by atoms with Crippen molar-refractivity contribution >= 4 is 137 Å². The quantitative estimate of drug-likeness (QED) is 0.0220. The molecule has 0 aliphatic carbocycles. The molecule has 0 heterocycles. The van der Waals surface area contributed by atoms with Gasteiger partial charge >= 0.3 is 95.5 Å². The van der Waals surface area contributed by atoms with Crippen LogP contribution in [0.5, 0.6) is 0 Å². The van der Waals surface area contributed by atoms with Crippen LogP contribution in [-0.2, 0) is 118 Å². The molecule has 0 unspecified atom stereocenters. The standard InChI is InChI=1S/8C5H9NO4.4H2O4S.2H2O/c8*6-3(5(9)10)1-2-4(7)8;4*1-5(2,3)4;;/h8*3H,1-2,6H2,(H,7,8)(H,9,10);4*(H2,1,2,3,4);2*1H2/t8*3-;;;;;;/m00000000....../s1. The highest BCUT2D eigenvalue weighted by atomic mass is 32.3. The highest BCUT2D eigenvalue weighted by molar-refractivity contribution is 7.80. The molecule has 102 heavy (non-hydrogen) atoms. The Balaban J connectivity index is -0.0000000695. The predicted molar refractivity (Wildman–Crippen MR) is 299 cm³/mol. The lowest BCUT2D eigenvalue weighted by Gasteiger charge is -2.06. The van der Waals surface area contributed by atoms with Crippen LogP contribution in [0, 0.1) is 0 Å². The van der Waals surface area contributed by atoms with Crippen molar-refractivity contribution in [2.24, 2.45) is 0 Å². The van der Waals surface area contributed by atoms with E-state index in [0.717, 1.165) is 0 Å². The Kier molecular flexibility index (Phi) is 88.1. The molecule has 8 atom stereocenters. The van der Waals surface area contributed by atoms with Gasteiger partial charge in [-0.25, -0.2) is 38.4 Å². The van der Waals surface area contributed by atoms with Crippen LogP contribution in [-0.4, -0.2) is 307 Å². The van der Waals surface area contributed by atoms with E-state index in [-0.39, 0.29) is 114 Å². The molecule has 0 aromatic rings. The first-order valence-electron chi connectivity index (χ1n) is 25.2. The summed E-state index contributed by atoms with van der Waals surface area (Å²) in [6.07, 6.45) is -0.404. The lowest BCUT2D eigenvalue weighted by atomic mass is 10.2. The average molecular weight is 1610 g/mol. The van der Waals surface area contributed by atoms with Crippen LogP contribution < -0.4 is 45.9 Å². The lowest BCUT2D eigenvalue weighted by molar-refractivity contribution is -0.409. The predicted octanol–water partition coefficient (Wildman–Crippen LogP) is -18.6. The van der Waals surface area contributed by atoms with Crippen LogP contribution >= 0.6 is 0 Å². The number of hydrogen-bond acceptors (Lipinski definition) is 32. The molecule has 608 valence electrons. The van der Waals surface area contributed by atoms with Gasteiger partial charge in [-0.1, -0.05) is 0 Å². The summed E-state index contributed by atoms with van der Waals surface area (Å²) in [4.78, 5) is 160. The Bertz CT molecular complexity index is 2410. The molecule has 0 saturated carbocycles. The molecule has 0 aliphatic heterocycles. The maximum Gasteiger partial charge on any atom is 0.362 e. The Morgan fingerprint density at radius 3 is 0.275 bits per heavy atom. The fraction of sp³-hybridized carbons (Fsp3) is 0.600. The van der Waals surface area contributed by atoms with Gasteiger partial charge in [0.05, 0.1) is 51.4 Å². The molecule has 0 aliphatic rings. The summed E-state index contributed by atoms with van der Waals surface area (Å²) in [5, 5.41) is 131. The number of carboxylic acids is 16. The molecule has 58 nitrogen and oxygen atoms in total. The van der Waals surface area contributed by atoms with Crippen molar-refractivity contribution in [3.05, 3.63) is 0 Å². The zero-order valence-electron chi connectivity index (χ0n) is 52.4. The molecule has 0 rings (SSSR count). The molecule has 0 saturated heterocycles. The molecule has 0 aromatic carbocycles. The Hall–Kier alpha value is -9.40. The Labute approximate surface area is 572 Å². The summed E-state index contributed by atoms with van der Waals surface area (Å²) >= 11 is 0. The van der Waals surface area contributed by atoms with Gasteiger partial charge in [0, 0.05) is 93.0 Å². The molecular formula is C40H84N8O50S4. The van der Waals surface area contributed by atoms with E-state index in [1.54, 1.807) is 0 Å². The van der Waals surface area contributed by atoms with Crippen molar-refractivity contribution < 1.29 is 285 Å². The molecule has 62 heteroatoms. The number of quaternary nitrogens is 8. The third-order valence-electron chi connectivity index (χ3n) is 8.45. The zero-order chi connectivity index (χ0) is 83.2. The van der Waals surface area contributed by atoms with E-state index in [1.165, 1.54) is 0 Å². The van der Waals surface area contributed by atoms with Crippen LogP contribution in [0.25, 0.3) is 0 Å². The van der Waals surface area contributed by atoms with Crippen molar-refractivity contribution in [2.75, 3.05) is 0 Å². The van der Waals surface area contributed by atoms with Gasteiger partial charge in [0.25, 0.3) is 0 Å². The lowest BCUT2D eigenvalue weighted by Crippen LogP contribution is -2.64. The Morgan fingerprint density at radius 1 is 0.196 bits per heavy atom. The first kappa shape index (κ1) is 126. The van der Waals surface area contributed by atoms with Gasteiger partial charge < -0.3 is 175 Å². The maximum atomic E-state index is 10.1. The number of hydrogen-bond donors (Lipinski definition) is 24. The monoisotopic (exact) mass is 1600 g/mol. The third-order valence-corrected chi connectivity index (χ3v) is 8.45. The first-order valence-corrected chi connectivity index (χ1v) is 30.5. The number of carboxylic acid groups (broad SMARTS) is 16. The van der Waals surface area contributed by atoms with Gasteiger partial charge in [-0.15, -0.1) is 0 Å². The van der Waals surface area contributed by atoms with Crippen LogP contribution in [0.2, 0.25) is 0 Å². The smallest absolute Gasteiger partial charge is 0.362 e. The Morgan fingerprint density at radius 2 is 0.245 bits per heavy atom. The highest BCUT2D eigenvalue weighted by Crippen LogP contribution is 1.97. The van der Waals surface area contributed by atoms with Crippen LogP contribution in [0.4, 0.5) is 0 Å². The second-order valence-corrected chi connectivity index (χ2v) is 20.6. The number of carbonyl (C=O) groups is 16. The second kappa shape index (κ2) is 71.4. The van der Waals surface area contributed by atoms with E-state index in [9.17, 15) is 76.7 Å². The zero-order valence-corrected chi connectivity index (χ0v) is 55.7. The van der Waals surface area contributed by atoms with Crippen LogP contribution in [0.15, 0.2) is 0 Å². The van der Waals surface area contributed by atoms with Crippen LogP contribution in [0.3, 0.4) is 0 Å². The number of rotatable bonds is 32.